The highest BCUT2D eigenvalue weighted by molar-refractivity contribution is 14.0. The normalized spacial score (nSPS) is 17.6. The molecule has 160 valence electrons. The van der Waals surface area contributed by atoms with Gasteiger partial charge in [-0.05, 0) is 63.4 Å². The Balaban J connectivity index is 0.00000392. The second-order valence-electron chi connectivity index (χ2n) is 7.13. The number of rotatable bonds is 9. The summed E-state index contributed by atoms with van der Waals surface area (Å²) in [5.74, 6) is 2.31. The van der Waals surface area contributed by atoms with E-state index < -0.39 is 0 Å². The van der Waals surface area contributed by atoms with E-state index in [2.05, 4.69) is 27.4 Å². The first-order valence-electron chi connectivity index (χ1n) is 10.1. The van der Waals surface area contributed by atoms with Crippen molar-refractivity contribution in [1.82, 2.24) is 15.5 Å². The summed E-state index contributed by atoms with van der Waals surface area (Å²) in [6, 6.07) is 6.69. The maximum Gasteiger partial charge on any atom is 0.191 e. The highest BCUT2D eigenvalue weighted by Gasteiger charge is 2.16. The number of aliphatic imine (C=N–C) groups is 1. The Labute approximate surface area is 187 Å². The van der Waals surface area contributed by atoms with E-state index in [0.717, 1.165) is 42.0 Å². The molecular formula is C21H37IN4O2. The number of likely N-dealkylation sites (tertiary alicyclic amines) is 1. The van der Waals surface area contributed by atoms with Gasteiger partial charge in [0.25, 0.3) is 0 Å². The Bertz CT molecular complexity index is 598. The van der Waals surface area contributed by atoms with Crippen molar-refractivity contribution >= 4 is 29.9 Å². The lowest BCUT2D eigenvalue weighted by atomic mass is 10.0. The van der Waals surface area contributed by atoms with E-state index in [-0.39, 0.29) is 24.0 Å². The van der Waals surface area contributed by atoms with E-state index in [0.29, 0.717) is 6.54 Å². The van der Waals surface area contributed by atoms with E-state index >= 15 is 0 Å². The molecule has 1 aromatic carbocycles. The maximum absolute atomic E-state index is 5.36. The van der Waals surface area contributed by atoms with Crippen LogP contribution in [0, 0.1) is 0 Å². The molecule has 7 heteroatoms. The lowest BCUT2D eigenvalue weighted by Crippen LogP contribution is -2.39. The van der Waals surface area contributed by atoms with Crippen LogP contribution in [-0.2, 0) is 6.54 Å². The molecule has 0 bridgehead atoms. The standard InChI is InChI=1S/C21H36N4O2.HI/c1-17-9-5-7-13-25(17)14-8-6-12-23-21(22-2)24-16-18-10-11-19(26-3)20(15-18)27-4;/h10-11,15,17H,5-9,12-14,16H2,1-4H3,(H2,22,23,24);1H. The molecule has 0 saturated carbocycles. The molecule has 1 unspecified atom stereocenters. The SMILES string of the molecule is CN=C(NCCCCN1CCCCC1C)NCc1ccc(OC)c(OC)c1.I. The van der Waals surface area contributed by atoms with Gasteiger partial charge in [0.05, 0.1) is 14.2 Å². The van der Waals surface area contributed by atoms with Crippen LogP contribution in [0.4, 0.5) is 0 Å². The molecule has 1 aliphatic rings. The Hall–Kier alpha value is -1.22. The molecule has 28 heavy (non-hydrogen) atoms. The molecule has 1 aromatic rings. The van der Waals surface area contributed by atoms with Crippen molar-refractivity contribution in [2.24, 2.45) is 4.99 Å². The Morgan fingerprint density at radius 2 is 1.93 bits per heavy atom. The van der Waals surface area contributed by atoms with Crippen molar-refractivity contribution in [2.75, 3.05) is 40.9 Å². The summed E-state index contributed by atoms with van der Waals surface area (Å²) in [5, 5.41) is 6.76. The number of unbranched alkanes of at least 4 members (excludes halogenated alkanes) is 1. The van der Waals surface area contributed by atoms with Gasteiger partial charge < -0.3 is 25.0 Å². The van der Waals surface area contributed by atoms with E-state index in [9.17, 15) is 0 Å². The van der Waals surface area contributed by atoms with Gasteiger partial charge in [0.15, 0.2) is 17.5 Å². The highest BCUT2D eigenvalue weighted by atomic mass is 127. The fraction of sp³-hybridized carbons (Fsp3) is 0.667. The summed E-state index contributed by atoms with van der Waals surface area (Å²) in [6.07, 6.45) is 6.48. The van der Waals surface area contributed by atoms with Gasteiger partial charge in [-0.1, -0.05) is 12.5 Å². The molecule has 1 saturated heterocycles. The predicted octanol–water partition coefficient (Wildman–Crippen LogP) is 3.64. The van der Waals surface area contributed by atoms with Gasteiger partial charge in [-0.15, -0.1) is 24.0 Å². The number of ether oxygens (including phenoxy) is 2. The Morgan fingerprint density at radius 3 is 2.61 bits per heavy atom. The summed E-state index contributed by atoms with van der Waals surface area (Å²) in [7, 11) is 5.10. The molecule has 0 aromatic heterocycles. The van der Waals surface area contributed by atoms with Crippen LogP contribution in [0.3, 0.4) is 0 Å². The monoisotopic (exact) mass is 504 g/mol. The number of benzene rings is 1. The molecule has 0 amide bonds. The minimum Gasteiger partial charge on any atom is -0.493 e. The molecule has 1 atom stereocenters. The van der Waals surface area contributed by atoms with Gasteiger partial charge >= 0.3 is 0 Å². The maximum atomic E-state index is 5.36. The zero-order valence-electron chi connectivity index (χ0n) is 17.8. The lowest BCUT2D eigenvalue weighted by Gasteiger charge is -2.33. The summed E-state index contributed by atoms with van der Waals surface area (Å²) in [5.41, 5.74) is 1.12. The van der Waals surface area contributed by atoms with Crippen molar-refractivity contribution in [3.05, 3.63) is 23.8 Å². The quantitative estimate of drug-likeness (QED) is 0.233. The van der Waals surface area contributed by atoms with Crippen LogP contribution in [-0.4, -0.2) is 57.8 Å². The second-order valence-corrected chi connectivity index (χ2v) is 7.13. The van der Waals surface area contributed by atoms with E-state index in [1.165, 1.54) is 38.8 Å². The molecule has 1 fully saturated rings. The van der Waals surface area contributed by atoms with Gasteiger partial charge in [-0.25, -0.2) is 0 Å². The molecule has 0 spiro atoms. The van der Waals surface area contributed by atoms with Crippen molar-refractivity contribution in [3.8, 4) is 11.5 Å². The van der Waals surface area contributed by atoms with Crippen LogP contribution < -0.4 is 20.1 Å². The van der Waals surface area contributed by atoms with E-state index in [1.807, 2.05) is 18.2 Å². The van der Waals surface area contributed by atoms with Crippen LogP contribution in [0.1, 0.15) is 44.6 Å². The molecule has 1 aliphatic heterocycles. The number of halogens is 1. The minimum absolute atomic E-state index is 0. The third-order valence-corrected chi connectivity index (χ3v) is 5.24. The van der Waals surface area contributed by atoms with Crippen LogP contribution >= 0.6 is 24.0 Å². The number of hydrogen-bond acceptors (Lipinski definition) is 4. The zero-order valence-corrected chi connectivity index (χ0v) is 20.1. The highest BCUT2D eigenvalue weighted by Crippen LogP contribution is 2.27. The predicted molar refractivity (Wildman–Crippen MR) is 127 cm³/mol. The molecule has 2 N–H and O–H groups in total. The largest absolute Gasteiger partial charge is 0.493 e. The molecule has 0 aliphatic carbocycles. The topological polar surface area (TPSA) is 58.1 Å². The lowest BCUT2D eigenvalue weighted by molar-refractivity contribution is 0.158. The van der Waals surface area contributed by atoms with Gasteiger partial charge in [0.2, 0.25) is 0 Å². The zero-order chi connectivity index (χ0) is 19.5. The third kappa shape index (κ3) is 8.03. The molecule has 1 heterocycles. The smallest absolute Gasteiger partial charge is 0.191 e. The van der Waals surface area contributed by atoms with Crippen molar-refractivity contribution in [1.29, 1.82) is 0 Å². The number of guanidine groups is 1. The Morgan fingerprint density at radius 1 is 1.14 bits per heavy atom. The second kappa shape index (κ2) is 13.9. The van der Waals surface area contributed by atoms with Crippen molar-refractivity contribution in [3.63, 3.8) is 0 Å². The van der Waals surface area contributed by atoms with Gasteiger partial charge in [0, 0.05) is 26.2 Å². The van der Waals surface area contributed by atoms with Crippen LogP contribution in [0.5, 0.6) is 11.5 Å². The summed E-state index contributed by atoms with van der Waals surface area (Å²) in [6.45, 7) is 6.46. The minimum atomic E-state index is 0. The molecule has 6 nitrogen and oxygen atoms in total. The average Bonchev–Trinajstić information content (AvgIpc) is 2.71. The first-order valence-corrected chi connectivity index (χ1v) is 10.1. The molecular weight excluding hydrogens is 467 g/mol. The van der Waals surface area contributed by atoms with E-state index in [1.54, 1.807) is 21.3 Å². The molecule has 0 radical (unpaired) electrons. The van der Waals surface area contributed by atoms with Crippen molar-refractivity contribution < 1.29 is 9.47 Å². The fourth-order valence-corrected chi connectivity index (χ4v) is 3.53. The summed E-state index contributed by atoms with van der Waals surface area (Å²) >= 11 is 0. The third-order valence-electron chi connectivity index (χ3n) is 5.24. The van der Waals surface area contributed by atoms with Gasteiger partial charge in [-0.3, -0.25) is 4.99 Å². The van der Waals surface area contributed by atoms with Gasteiger partial charge in [0.1, 0.15) is 0 Å². The number of hydrogen-bond donors (Lipinski definition) is 2. The van der Waals surface area contributed by atoms with Crippen LogP contribution in [0.15, 0.2) is 23.2 Å². The van der Waals surface area contributed by atoms with Crippen molar-refractivity contribution in [2.45, 2.75) is 51.6 Å². The first-order chi connectivity index (χ1) is 13.2. The fourth-order valence-electron chi connectivity index (χ4n) is 3.53. The summed E-state index contributed by atoms with van der Waals surface area (Å²) < 4.78 is 10.6. The number of piperidine rings is 1. The average molecular weight is 504 g/mol. The van der Waals surface area contributed by atoms with E-state index in [4.69, 9.17) is 9.47 Å². The molecule has 2 rings (SSSR count). The van der Waals surface area contributed by atoms with Crippen LogP contribution in [0.2, 0.25) is 0 Å². The Kier molecular flexibility index (Phi) is 12.3. The summed E-state index contributed by atoms with van der Waals surface area (Å²) in [4.78, 5) is 6.94. The number of methoxy groups -OCH3 is 2. The van der Waals surface area contributed by atoms with Gasteiger partial charge in [-0.2, -0.15) is 0 Å². The van der Waals surface area contributed by atoms with Crippen LogP contribution in [0.25, 0.3) is 0 Å². The number of nitrogens with zero attached hydrogens (tertiary/aromatic N) is 2. The first kappa shape index (κ1) is 24.8. The number of nitrogens with one attached hydrogen (secondary N) is 2.